The maximum atomic E-state index is 6.17. The normalized spacial score (nSPS) is 10.7. The minimum absolute atomic E-state index is 0.293. The first-order chi connectivity index (χ1) is 8.49. The molecule has 0 amide bonds. The number of aromatic nitrogens is 3. The average molecular weight is 301 g/mol. The Morgan fingerprint density at radius 1 is 1.17 bits per heavy atom. The van der Waals surface area contributed by atoms with Gasteiger partial charge >= 0.3 is 0 Å². The number of nitrogens with two attached hydrogens (primary N) is 1. The molecule has 2 aromatic rings. The van der Waals surface area contributed by atoms with E-state index >= 15 is 0 Å². The number of nitrogen functional groups attached to an aromatic ring is 1. The van der Waals surface area contributed by atoms with Gasteiger partial charge in [0.2, 0.25) is 0 Å². The van der Waals surface area contributed by atoms with Gasteiger partial charge in [0.15, 0.2) is 11.0 Å². The Morgan fingerprint density at radius 2 is 1.89 bits per heavy atom. The van der Waals surface area contributed by atoms with Crippen LogP contribution in [0.25, 0.3) is 0 Å². The Labute approximate surface area is 119 Å². The largest absolute Gasteiger partial charge is 0.381 e. The van der Waals surface area contributed by atoms with Crippen LogP contribution in [0.4, 0.5) is 5.82 Å². The molecule has 7 heteroatoms. The van der Waals surface area contributed by atoms with Crippen molar-refractivity contribution in [3.8, 4) is 0 Å². The fraction of sp³-hybridized carbons (Fsp3) is 0.182. The first-order valence-corrected chi connectivity index (χ1v) is 6.65. The van der Waals surface area contributed by atoms with Crippen LogP contribution in [0.1, 0.15) is 11.4 Å². The van der Waals surface area contributed by atoms with Crippen LogP contribution in [0.5, 0.6) is 0 Å². The molecule has 0 saturated heterocycles. The number of rotatable bonds is 2. The fourth-order valence-electron chi connectivity index (χ4n) is 1.27. The molecule has 18 heavy (non-hydrogen) atoms. The van der Waals surface area contributed by atoms with Crippen molar-refractivity contribution in [1.82, 2.24) is 15.0 Å². The van der Waals surface area contributed by atoms with E-state index in [2.05, 4.69) is 15.0 Å². The van der Waals surface area contributed by atoms with Crippen molar-refractivity contribution in [2.24, 2.45) is 0 Å². The van der Waals surface area contributed by atoms with E-state index in [0.29, 0.717) is 26.7 Å². The van der Waals surface area contributed by atoms with E-state index in [1.54, 1.807) is 13.1 Å². The van der Waals surface area contributed by atoms with Gasteiger partial charge in [-0.05, 0) is 19.9 Å². The molecule has 2 rings (SSSR count). The molecule has 2 heterocycles. The van der Waals surface area contributed by atoms with Gasteiger partial charge in [-0.3, -0.25) is 4.98 Å². The molecule has 0 aromatic carbocycles. The second-order valence-corrected chi connectivity index (χ2v) is 5.37. The summed E-state index contributed by atoms with van der Waals surface area (Å²) in [6.07, 6.45) is 1.69. The van der Waals surface area contributed by atoms with E-state index in [0.717, 1.165) is 10.6 Å². The molecule has 0 aliphatic rings. The summed E-state index contributed by atoms with van der Waals surface area (Å²) in [6.45, 7) is 3.62. The number of pyridine rings is 1. The van der Waals surface area contributed by atoms with Gasteiger partial charge in [-0.15, -0.1) is 0 Å². The van der Waals surface area contributed by atoms with Crippen LogP contribution >= 0.6 is 35.0 Å². The Bertz CT molecular complexity index is 604. The van der Waals surface area contributed by atoms with Gasteiger partial charge < -0.3 is 5.73 Å². The third-order valence-electron chi connectivity index (χ3n) is 2.24. The second kappa shape index (κ2) is 5.30. The molecular weight excluding hydrogens is 291 g/mol. The van der Waals surface area contributed by atoms with Gasteiger partial charge in [0.05, 0.1) is 16.4 Å². The van der Waals surface area contributed by atoms with Gasteiger partial charge in [-0.1, -0.05) is 35.0 Å². The highest BCUT2D eigenvalue weighted by atomic mass is 35.5. The maximum Gasteiger partial charge on any atom is 0.158 e. The number of hydrogen-bond acceptors (Lipinski definition) is 5. The lowest BCUT2D eigenvalue weighted by atomic mass is 10.4. The van der Waals surface area contributed by atoms with Crippen molar-refractivity contribution in [1.29, 1.82) is 0 Å². The summed E-state index contributed by atoms with van der Waals surface area (Å²) in [6, 6.07) is 1.81. The van der Waals surface area contributed by atoms with Crippen molar-refractivity contribution in [2.75, 3.05) is 5.73 Å². The third kappa shape index (κ3) is 2.68. The van der Waals surface area contributed by atoms with Crippen molar-refractivity contribution in [2.45, 2.75) is 23.8 Å². The van der Waals surface area contributed by atoms with Crippen LogP contribution in [0.3, 0.4) is 0 Å². The number of hydrogen-bond donors (Lipinski definition) is 1. The zero-order valence-corrected chi connectivity index (χ0v) is 12.1. The third-order valence-corrected chi connectivity index (χ3v) is 4.24. The molecule has 0 aliphatic heterocycles. The Morgan fingerprint density at radius 3 is 2.61 bits per heavy atom. The van der Waals surface area contributed by atoms with Crippen molar-refractivity contribution in [3.63, 3.8) is 0 Å². The van der Waals surface area contributed by atoms with E-state index in [-0.39, 0.29) is 0 Å². The van der Waals surface area contributed by atoms with Crippen LogP contribution in [0.15, 0.2) is 22.2 Å². The summed E-state index contributed by atoms with van der Waals surface area (Å²) in [7, 11) is 0. The predicted molar refractivity (Wildman–Crippen MR) is 74.3 cm³/mol. The smallest absolute Gasteiger partial charge is 0.158 e. The number of halogens is 2. The quantitative estimate of drug-likeness (QED) is 0.919. The predicted octanol–water partition coefficient (Wildman–Crippen LogP) is 3.53. The Hall–Kier alpha value is -1.04. The van der Waals surface area contributed by atoms with Crippen LogP contribution in [0, 0.1) is 13.8 Å². The molecule has 2 N–H and O–H groups in total. The first-order valence-electron chi connectivity index (χ1n) is 5.07. The lowest BCUT2D eigenvalue weighted by Gasteiger charge is -2.08. The van der Waals surface area contributed by atoms with Gasteiger partial charge in [-0.25, -0.2) is 9.97 Å². The lowest BCUT2D eigenvalue weighted by Crippen LogP contribution is -1.99. The zero-order chi connectivity index (χ0) is 13.3. The highest BCUT2D eigenvalue weighted by molar-refractivity contribution is 7.99. The number of aryl methyl sites for hydroxylation is 2. The van der Waals surface area contributed by atoms with Gasteiger partial charge in [0.25, 0.3) is 0 Å². The summed E-state index contributed by atoms with van der Waals surface area (Å²) >= 11 is 13.4. The van der Waals surface area contributed by atoms with Crippen molar-refractivity contribution >= 4 is 40.8 Å². The molecule has 94 valence electrons. The van der Waals surface area contributed by atoms with Gasteiger partial charge in [-0.2, -0.15) is 0 Å². The van der Waals surface area contributed by atoms with E-state index in [1.807, 2.05) is 13.0 Å². The summed E-state index contributed by atoms with van der Waals surface area (Å²) in [5.74, 6) is 0.293. The minimum atomic E-state index is 0.293. The monoisotopic (exact) mass is 300 g/mol. The summed E-state index contributed by atoms with van der Waals surface area (Å²) in [5.41, 5.74) is 7.19. The second-order valence-electron chi connectivity index (χ2n) is 3.60. The van der Waals surface area contributed by atoms with Crippen molar-refractivity contribution < 1.29 is 0 Å². The standard InChI is InChI=1S/C11H10Cl2N4S/c1-5-8(12)7(3-4-15-5)18-11-10(14)17-9(13)6(2)16-11/h3-4H,1-2H3,(H2,14,17). The molecular formula is C11H10Cl2N4S. The molecule has 0 aliphatic carbocycles. The van der Waals surface area contributed by atoms with Crippen LogP contribution in [0.2, 0.25) is 10.2 Å². The summed E-state index contributed by atoms with van der Waals surface area (Å²) in [5, 5.41) is 1.49. The fourth-order valence-corrected chi connectivity index (χ4v) is 2.54. The van der Waals surface area contributed by atoms with Gasteiger partial charge in [0, 0.05) is 11.1 Å². The zero-order valence-electron chi connectivity index (χ0n) is 9.74. The highest BCUT2D eigenvalue weighted by Gasteiger charge is 2.12. The Balaban J connectivity index is 2.40. The summed E-state index contributed by atoms with van der Waals surface area (Å²) < 4.78 is 0. The summed E-state index contributed by atoms with van der Waals surface area (Å²) in [4.78, 5) is 13.3. The molecule has 2 aromatic heterocycles. The SMILES string of the molecule is Cc1nc(Sc2ccnc(C)c2Cl)c(N)nc1Cl. The topological polar surface area (TPSA) is 64.7 Å². The molecule has 0 radical (unpaired) electrons. The molecule has 0 saturated carbocycles. The molecule has 0 spiro atoms. The lowest BCUT2D eigenvalue weighted by molar-refractivity contribution is 1.01. The molecule has 0 atom stereocenters. The molecule has 4 nitrogen and oxygen atoms in total. The first kappa shape index (κ1) is 13.4. The van der Waals surface area contributed by atoms with Crippen LogP contribution < -0.4 is 5.73 Å². The van der Waals surface area contributed by atoms with Crippen LogP contribution in [-0.2, 0) is 0 Å². The highest BCUT2D eigenvalue weighted by Crippen LogP contribution is 2.35. The van der Waals surface area contributed by atoms with Crippen LogP contribution in [-0.4, -0.2) is 15.0 Å². The molecule has 0 fully saturated rings. The molecule has 0 bridgehead atoms. The number of nitrogens with zero attached hydrogens (tertiary/aromatic N) is 3. The van der Waals surface area contributed by atoms with Crippen molar-refractivity contribution in [3.05, 3.63) is 33.8 Å². The van der Waals surface area contributed by atoms with E-state index in [1.165, 1.54) is 11.8 Å². The average Bonchev–Trinajstić information content (AvgIpc) is 2.32. The maximum absolute atomic E-state index is 6.17. The van der Waals surface area contributed by atoms with E-state index in [9.17, 15) is 0 Å². The van der Waals surface area contributed by atoms with E-state index in [4.69, 9.17) is 28.9 Å². The van der Waals surface area contributed by atoms with E-state index < -0.39 is 0 Å². The minimum Gasteiger partial charge on any atom is -0.381 e. The molecule has 0 unspecified atom stereocenters. The Kier molecular flexibility index (Phi) is 3.94. The van der Waals surface area contributed by atoms with Gasteiger partial charge in [0.1, 0.15) is 5.03 Å². The number of anilines is 1.